The first-order valence-electron chi connectivity index (χ1n) is 7.05. The van der Waals surface area contributed by atoms with Crippen molar-refractivity contribution in [2.24, 2.45) is 0 Å². The van der Waals surface area contributed by atoms with Crippen molar-refractivity contribution in [3.8, 4) is 0 Å². The van der Waals surface area contributed by atoms with Crippen molar-refractivity contribution < 1.29 is 14.6 Å². The highest BCUT2D eigenvalue weighted by Gasteiger charge is 2.15. The van der Waals surface area contributed by atoms with Crippen molar-refractivity contribution in [2.45, 2.75) is 6.54 Å². The zero-order valence-corrected chi connectivity index (χ0v) is 12.8. The lowest BCUT2D eigenvalue weighted by atomic mass is 10.1. The highest BCUT2D eigenvalue weighted by Crippen LogP contribution is 2.24. The lowest BCUT2D eigenvalue weighted by Crippen LogP contribution is -2.35. The first-order valence-corrected chi connectivity index (χ1v) is 7.93. The number of ether oxygens (including phenoxy) is 1. The van der Waals surface area contributed by atoms with Gasteiger partial charge in [0.05, 0.1) is 24.5 Å². The molecule has 1 aliphatic rings. The number of carboxylic acids is 1. The Morgan fingerprint density at radius 1 is 1.41 bits per heavy atom. The number of rotatable bonds is 5. The van der Waals surface area contributed by atoms with Crippen LogP contribution >= 0.6 is 11.3 Å². The van der Waals surface area contributed by atoms with E-state index in [1.54, 1.807) is 12.3 Å². The van der Waals surface area contributed by atoms with Crippen LogP contribution in [-0.4, -0.2) is 47.3 Å². The van der Waals surface area contributed by atoms with Crippen LogP contribution in [0.15, 0.2) is 29.8 Å². The number of nitrogens with zero attached hydrogens (tertiary/aromatic N) is 2. The first-order chi connectivity index (χ1) is 10.7. The number of hydrogen-bond donors (Lipinski definition) is 2. The largest absolute Gasteiger partial charge is 0.478 e. The maximum atomic E-state index is 11.4. The average Bonchev–Trinajstić information content (AvgIpc) is 3.01. The fourth-order valence-corrected chi connectivity index (χ4v) is 2.94. The average molecular weight is 319 g/mol. The standard InChI is InChI=1S/C15H17N3O3S/c19-14(20)12-2-1-11(10-18-4-6-21-7-5-18)9-13(12)17-15-16-3-8-22-15/h1-3,8-9H,4-7,10H2,(H,16,17)(H,19,20). The summed E-state index contributed by atoms with van der Waals surface area (Å²) in [6, 6.07) is 5.40. The molecule has 6 nitrogen and oxygen atoms in total. The van der Waals surface area contributed by atoms with Crippen molar-refractivity contribution in [1.82, 2.24) is 9.88 Å². The van der Waals surface area contributed by atoms with Crippen LogP contribution < -0.4 is 5.32 Å². The number of aromatic nitrogens is 1. The number of benzene rings is 1. The van der Waals surface area contributed by atoms with E-state index in [9.17, 15) is 9.90 Å². The number of thiazole rings is 1. The third-order valence-electron chi connectivity index (χ3n) is 3.50. The molecular formula is C15H17N3O3S. The molecule has 1 fully saturated rings. The molecule has 0 aliphatic carbocycles. The summed E-state index contributed by atoms with van der Waals surface area (Å²) in [6.07, 6.45) is 1.69. The Hall–Kier alpha value is -1.96. The van der Waals surface area contributed by atoms with E-state index in [1.165, 1.54) is 11.3 Å². The number of aromatic carboxylic acids is 1. The monoisotopic (exact) mass is 319 g/mol. The summed E-state index contributed by atoms with van der Waals surface area (Å²) in [5, 5.41) is 15.0. The normalized spacial score (nSPS) is 15.6. The van der Waals surface area contributed by atoms with Gasteiger partial charge < -0.3 is 15.2 Å². The van der Waals surface area contributed by atoms with Gasteiger partial charge in [-0.25, -0.2) is 9.78 Å². The first kappa shape index (κ1) is 15.0. The SMILES string of the molecule is O=C(O)c1ccc(CN2CCOCC2)cc1Nc1nccs1. The summed E-state index contributed by atoms with van der Waals surface area (Å²) in [5.74, 6) is -0.947. The highest BCUT2D eigenvalue weighted by atomic mass is 32.1. The molecule has 7 heteroatoms. The maximum Gasteiger partial charge on any atom is 0.337 e. The second kappa shape index (κ2) is 6.87. The second-order valence-electron chi connectivity index (χ2n) is 5.04. The summed E-state index contributed by atoms with van der Waals surface area (Å²) in [5.41, 5.74) is 1.90. The number of carbonyl (C=O) groups is 1. The van der Waals surface area contributed by atoms with Gasteiger partial charge in [-0.3, -0.25) is 4.90 Å². The molecule has 2 N–H and O–H groups in total. The smallest absolute Gasteiger partial charge is 0.337 e. The highest BCUT2D eigenvalue weighted by molar-refractivity contribution is 7.13. The van der Waals surface area contributed by atoms with Gasteiger partial charge in [0.25, 0.3) is 0 Å². The van der Waals surface area contributed by atoms with Gasteiger partial charge in [0.15, 0.2) is 5.13 Å². The molecular weight excluding hydrogens is 302 g/mol. The zero-order chi connectivity index (χ0) is 15.4. The minimum absolute atomic E-state index is 0.251. The predicted octanol–water partition coefficient (Wildman–Crippen LogP) is 2.42. The quantitative estimate of drug-likeness (QED) is 0.881. The molecule has 2 heterocycles. The lowest BCUT2D eigenvalue weighted by molar-refractivity contribution is 0.0342. The van der Waals surface area contributed by atoms with E-state index in [0.717, 1.165) is 38.4 Å². The molecule has 0 unspecified atom stereocenters. The zero-order valence-electron chi connectivity index (χ0n) is 12.0. The van der Waals surface area contributed by atoms with Crippen LogP contribution in [0.1, 0.15) is 15.9 Å². The van der Waals surface area contributed by atoms with E-state index in [4.69, 9.17) is 4.74 Å². The Labute approximate surface area is 132 Å². The molecule has 2 aromatic rings. The third kappa shape index (κ3) is 3.62. The summed E-state index contributed by atoms with van der Waals surface area (Å²) < 4.78 is 5.34. The van der Waals surface area contributed by atoms with Gasteiger partial charge >= 0.3 is 5.97 Å². The lowest BCUT2D eigenvalue weighted by Gasteiger charge is -2.26. The maximum absolute atomic E-state index is 11.4. The molecule has 0 saturated carbocycles. The fourth-order valence-electron chi connectivity index (χ4n) is 2.40. The van der Waals surface area contributed by atoms with Crippen LogP contribution in [0.4, 0.5) is 10.8 Å². The fraction of sp³-hybridized carbons (Fsp3) is 0.333. The molecule has 1 aromatic heterocycles. The van der Waals surface area contributed by atoms with E-state index >= 15 is 0 Å². The van der Waals surface area contributed by atoms with Crippen molar-refractivity contribution >= 4 is 28.1 Å². The molecule has 22 heavy (non-hydrogen) atoms. The van der Waals surface area contributed by atoms with Gasteiger partial charge in [-0.2, -0.15) is 0 Å². The van der Waals surface area contributed by atoms with Crippen LogP contribution in [-0.2, 0) is 11.3 Å². The Balaban J connectivity index is 1.81. The van der Waals surface area contributed by atoms with E-state index in [0.29, 0.717) is 10.8 Å². The van der Waals surface area contributed by atoms with Gasteiger partial charge in [0.2, 0.25) is 0 Å². The van der Waals surface area contributed by atoms with E-state index in [-0.39, 0.29) is 5.56 Å². The van der Waals surface area contributed by atoms with Crippen LogP contribution in [0.25, 0.3) is 0 Å². The van der Waals surface area contributed by atoms with Crippen LogP contribution in [0.5, 0.6) is 0 Å². The van der Waals surface area contributed by atoms with Crippen LogP contribution in [0.2, 0.25) is 0 Å². The number of hydrogen-bond acceptors (Lipinski definition) is 6. The minimum Gasteiger partial charge on any atom is -0.478 e. The van der Waals surface area contributed by atoms with Gasteiger partial charge in [0, 0.05) is 31.2 Å². The number of morpholine rings is 1. The summed E-state index contributed by atoms with van der Waals surface area (Å²) >= 11 is 1.44. The topological polar surface area (TPSA) is 74.7 Å². The second-order valence-corrected chi connectivity index (χ2v) is 5.93. The molecule has 3 rings (SSSR count). The molecule has 0 bridgehead atoms. The van der Waals surface area contributed by atoms with Crippen molar-refractivity contribution in [1.29, 1.82) is 0 Å². The van der Waals surface area contributed by atoms with Gasteiger partial charge in [0.1, 0.15) is 0 Å². The molecule has 1 saturated heterocycles. The van der Waals surface area contributed by atoms with Crippen molar-refractivity contribution in [3.05, 3.63) is 40.9 Å². The summed E-state index contributed by atoms with van der Waals surface area (Å²) in [7, 11) is 0. The molecule has 0 spiro atoms. The minimum atomic E-state index is -0.947. The van der Waals surface area contributed by atoms with Gasteiger partial charge in [-0.05, 0) is 17.7 Å². The van der Waals surface area contributed by atoms with Crippen molar-refractivity contribution in [2.75, 3.05) is 31.6 Å². The van der Waals surface area contributed by atoms with Crippen LogP contribution in [0.3, 0.4) is 0 Å². The van der Waals surface area contributed by atoms with Gasteiger partial charge in [-0.1, -0.05) is 6.07 Å². The Kier molecular flexibility index (Phi) is 4.67. The Morgan fingerprint density at radius 2 is 2.23 bits per heavy atom. The molecule has 0 radical (unpaired) electrons. The molecule has 1 aromatic carbocycles. The number of nitrogens with one attached hydrogen (secondary N) is 1. The summed E-state index contributed by atoms with van der Waals surface area (Å²) in [6.45, 7) is 4.08. The number of anilines is 2. The van der Waals surface area contributed by atoms with E-state index < -0.39 is 5.97 Å². The predicted molar refractivity (Wildman–Crippen MR) is 84.9 cm³/mol. The molecule has 0 amide bonds. The molecule has 1 aliphatic heterocycles. The van der Waals surface area contributed by atoms with E-state index in [1.807, 2.05) is 17.5 Å². The van der Waals surface area contributed by atoms with Gasteiger partial charge in [-0.15, -0.1) is 11.3 Å². The Morgan fingerprint density at radius 3 is 2.91 bits per heavy atom. The molecule has 116 valence electrons. The molecule has 0 atom stereocenters. The van der Waals surface area contributed by atoms with Crippen LogP contribution in [0, 0.1) is 0 Å². The Bertz CT molecular complexity index is 639. The van der Waals surface area contributed by atoms with Crippen molar-refractivity contribution in [3.63, 3.8) is 0 Å². The summed E-state index contributed by atoms with van der Waals surface area (Å²) in [4.78, 5) is 17.8. The third-order valence-corrected chi connectivity index (χ3v) is 4.19. The van der Waals surface area contributed by atoms with E-state index in [2.05, 4.69) is 15.2 Å². The number of carboxylic acid groups (broad SMARTS) is 1.